The lowest BCUT2D eigenvalue weighted by Crippen LogP contribution is -2.21. The lowest BCUT2D eigenvalue weighted by molar-refractivity contribution is 0.0857. The minimum atomic E-state index is -2.78. The molecule has 1 aromatic rings. The van der Waals surface area contributed by atoms with Gasteiger partial charge in [-0.1, -0.05) is 35.5 Å². The van der Waals surface area contributed by atoms with Crippen molar-refractivity contribution in [2.24, 2.45) is 10.9 Å². The van der Waals surface area contributed by atoms with Gasteiger partial charge in [0.1, 0.15) is 12.8 Å². The number of hydrogen-bond acceptors (Lipinski definition) is 3. The second-order valence-electron chi connectivity index (χ2n) is 3.27. The van der Waals surface area contributed by atoms with Crippen LogP contribution in [0.5, 0.6) is 0 Å². The molecule has 0 heterocycles. The van der Waals surface area contributed by atoms with Gasteiger partial charge in [-0.05, 0) is 0 Å². The molecule has 94 valence electrons. The number of rotatable bonds is 6. The molecule has 0 fully saturated rings. The zero-order chi connectivity index (χ0) is 12.7. The van der Waals surface area contributed by atoms with Gasteiger partial charge in [0.2, 0.25) is 0 Å². The van der Waals surface area contributed by atoms with Crippen molar-refractivity contribution in [2.75, 3.05) is 13.2 Å². The summed E-state index contributed by atoms with van der Waals surface area (Å²) in [5.41, 5.74) is 4.73. The number of nitrogens with two attached hydrogens (primary N) is 1. The second-order valence-corrected chi connectivity index (χ2v) is 3.27. The number of halogens is 3. The van der Waals surface area contributed by atoms with Crippen molar-refractivity contribution in [3.63, 3.8) is 0 Å². The Labute approximate surface area is 97.1 Å². The van der Waals surface area contributed by atoms with Gasteiger partial charge in [0, 0.05) is 12.1 Å². The van der Waals surface area contributed by atoms with E-state index < -0.39 is 24.9 Å². The van der Waals surface area contributed by atoms with E-state index in [4.69, 9.17) is 5.73 Å². The van der Waals surface area contributed by atoms with E-state index in [9.17, 15) is 13.2 Å². The van der Waals surface area contributed by atoms with E-state index in [0.717, 1.165) is 0 Å². The minimum absolute atomic E-state index is 0.231. The Hall–Kier alpha value is -1.56. The average Bonchev–Trinajstić information content (AvgIpc) is 2.34. The Balaban J connectivity index is 2.70. The Morgan fingerprint density at radius 1 is 1.24 bits per heavy atom. The van der Waals surface area contributed by atoms with Crippen LogP contribution in [0.2, 0.25) is 0 Å². The molecule has 1 rings (SSSR count). The fourth-order valence-electron chi connectivity index (χ4n) is 1.08. The van der Waals surface area contributed by atoms with Gasteiger partial charge in [-0.25, -0.2) is 13.2 Å². The van der Waals surface area contributed by atoms with E-state index in [-0.39, 0.29) is 12.1 Å². The van der Waals surface area contributed by atoms with Crippen LogP contribution in [0.3, 0.4) is 0 Å². The minimum Gasteiger partial charge on any atom is -0.392 e. The normalized spacial score (nSPS) is 13.8. The highest BCUT2D eigenvalue weighted by molar-refractivity contribution is 6.02. The highest BCUT2D eigenvalue weighted by Gasteiger charge is 2.16. The summed E-state index contributed by atoms with van der Waals surface area (Å²) in [7, 11) is 0. The summed E-state index contributed by atoms with van der Waals surface area (Å²) >= 11 is 0. The summed E-state index contributed by atoms with van der Waals surface area (Å²) in [6.45, 7) is -0.662. The first-order chi connectivity index (χ1) is 8.15. The van der Waals surface area contributed by atoms with Crippen molar-refractivity contribution in [3.8, 4) is 0 Å². The number of hydrogen-bond donors (Lipinski definition) is 1. The van der Waals surface area contributed by atoms with E-state index in [1.165, 1.54) is 12.1 Å². The maximum atomic E-state index is 12.7. The standard InChI is InChI=1S/C11H13F3N2O/c12-9(6-15)7-17-16-10(11(13)14)8-4-2-1-3-5-8/h1-5,9,11H,6-7,15H2/b16-10+. The van der Waals surface area contributed by atoms with E-state index in [2.05, 4.69) is 9.99 Å². The highest BCUT2D eigenvalue weighted by atomic mass is 19.3. The third kappa shape index (κ3) is 4.44. The number of oxime groups is 1. The van der Waals surface area contributed by atoms with Crippen LogP contribution in [0.25, 0.3) is 0 Å². The molecule has 0 aliphatic heterocycles. The third-order valence-corrected chi connectivity index (χ3v) is 1.95. The van der Waals surface area contributed by atoms with Crippen LogP contribution >= 0.6 is 0 Å². The molecule has 0 saturated heterocycles. The lowest BCUT2D eigenvalue weighted by Gasteiger charge is -2.07. The van der Waals surface area contributed by atoms with Gasteiger partial charge in [-0.15, -0.1) is 0 Å². The predicted molar refractivity (Wildman–Crippen MR) is 58.9 cm³/mol. The fraction of sp³-hybridized carbons (Fsp3) is 0.364. The summed E-state index contributed by atoms with van der Waals surface area (Å²) in [5.74, 6) is 0. The van der Waals surface area contributed by atoms with Crippen molar-refractivity contribution in [2.45, 2.75) is 12.6 Å². The summed E-state index contributed by atoms with van der Waals surface area (Å²) in [6.07, 6.45) is -4.19. The molecule has 0 aromatic heterocycles. The molecule has 1 atom stereocenters. The van der Waals surface area contributed by atoms with Crippen molar-refractivity contribution in [1.29, 1.82) is 0 Å². The smallest absolute Gasteiger partial charge is 0.284 e. The highest BCUT2D eigenvalue weighted by Crippen LogP contribution is 2.09. The number of benzene rings is 1. The van der Waals surface area contributed by atoms with Crippen LogP contribution in [0.1, 0.15) is 5.56 Å². The average molecular weight is 246 g/mol. The van der Waals surface area contributed by atoms with Crippen LogP contribution in [0.4, 0.5) is 13.2 Å². The molecule has 0 amide bonds. The Bertz CT molecular complexity index is 357. The van der Waals surface area contributed by atoms with Gasteiger partial charge in [0.05, 0.1) is 0 Å². The fourth-order valence-corrected chi connectivity index (χ4v) is 1.08. The molecule has 1 unspecified atom stereocenters. The van der Waals surface area contributed by atoms with Crippen molar-refractivity contribution < 1.29 is 18.0 Å². The first-order valence-corrected chi connectivity index (χ1v) is 5.02. The maximum Gasteiger partial charge on any atom is 0.284 e. The summed E-state index contributed by atoms with van der Waals surface area (Å²) in [5, 5.41) is 3.25. The van der Waals surface area contributed by atoms with Gasteiger partial charge in [-0.3, -0.25) is 0 Å². The SMILES string of the molecule is NCC(F)CO/N=C(\c1ccccc1)C(F)F. The largest absolute Gasteiger partial charge is 0.392 e. The first-order valence-electron chi connectivity index (χ1n) is 5.02. The Morgan fingerprint density at radius 3 is 2.41 bits per heavy atom. The van der Waals surface area contributed by atoms with Crippen LogP contribution in [-0.2, 0) is 4.84 Å². The molecule has 0 saturated carbocycles. The molecule has 1 aromatic carbocycles. The van der Waals surface area contributed by atoms with Crippen molar-refractivity contribution >= 4 is 5.71 Å². The quantitative estimate of drug-likeness (QED) is 0.616. The second kappa shape index (κ2) is 6.90. The van der Waals surface area contributed by atoms with E-state index in [0.29, 0.717) is 0 Å². The molecular weight excluding hydrogens is 233 g/mol. The Morgan fingerprint density at radius 2 is 1.88 bits per heavy atom. The van der Waals surface area contributed by atoms with Crippen LogP contribution in [-0.4, -0.2) is 31.5 Å². The summed E-state index contributed by atoms with van der Waals surface area (Å²) in [4.78, 5) is 4.52. The number of nitrogens with zero attached hydrogens (tertiary/aromatic N) is 1. The molecule has 17 heavy (non-hydrogen) atoms. The predicted octanol–water partition coefficient (Wildman–Crippen LogP) is 1.97. The van der Waals surface area contributed by atoms with Crippen molar-refractivity contribution in [1.82, 2.24) is 0 Å². The van der Waals surface area contributed by atoms with Gasteiger partial charge in [-0.2, -0.15) is 0 Å². The van der Waals surface area contributed by atoms with E-state index in [1.54, 1.807) is 18.2 Å². The first kappa shape index (κ1) is 13.5. The summed E-state index contributed by atoms with van der Waals surface area (Å²) < 4.78 is 38.0. The Kier molecular flexibility index (Phi) is 5.48. The van der Waals surface area contributed by atoms with Crippen molar-refractivity contribution in [3.05, 3.63) is 35.9 Å². The zero-order valence-corrected chi connectivity index (χ0v) is 9.02. The van der Waals surface area contributed by atoms with Gasteiger partial charge in [0.15, 0.2) is 5.71 Å². The van der Waals surface area contributed by atoms with Crippen LogP contribution < -0.4 is 5.73 Å². The van der Waals surface area contributed by atoms with Crippen LogP contribution in [0, 0.1) is 0 Å². The van der Waals surface area contributed by atoms with E-state index in [1.807, 2.05) is 0 Å². The number of alkyl halides is 3. The molecule has 6 heteroatoms. The molecule has 0 aliphatic carbocycles. The van der Waals surface area contributed by atoms with Gasteiger partial charge in [0.25, 0.3) is 6.43 Å². The third-order valence-electron chi connectivity index (χ3n) is 1.95. The molecule has 0 aliphatic rings. The molecule has 3 nitrogen and oxygen atoms in total. The van der Waals surface area contributed by atoms with Crippen LogP contribution in [0.15, 0.2) is 35.5 Å². The molecular formula is C11H13F3N2O. The summed E-state index contributed by atoms with van der Waals surface area (Å²) in [6, 6.07) is 7.85. The molecule has 0 radical (unpaired) electrons. The lowest BCUT2D eigenvalue weighted by atomic mass is 10.1. The van der Waals surface area contributed by atoms with E-state index >= 15 is 0 Å². The molecule has 0 spiro atoms. The molecule has 2 N–H and O–H groups in total. The maximum absolute atomic E-state index is 12.7. The molecule has 0 bridgehead atoms. The topological polar surface area (TPSA) is 47.6 Å². The van der Waals surface area contributed by atoms with Gasteiger partial charge < -0.3 is 10.6 Å². The zero-order valence-electron chi connectivity index (χ0n) is 9.02. The monoisotopic (exact) mass is 246 g/mol. The van der Waals surface area contributed by atoms with Gasteiger partial charge >= 0.3 is 0 Å².